The number of hydrogen-bond donors (Lipinski definition) is 2. The molecule has 0 aliphatic carbocycles. The lowest BCUT2D eigenvalue weighted by Crippen LogP contribution is -1.87. The lowest BCUT2D eigenvalue weighted by molar-refractivity contribution is 0.198. The molecule has 1 fully saturated rings. The Labute approximate surface area is 96.7 Å². The van der Waals surface area contributed by atoms with Crippen LogP contribution in [-0.4, -0.2) is 23.4 Å². The lowest BCUT2D eigenvalue weighted by atomic mass is 10.1. The number of phenols is 1. The highest BCUT2D eigenvalue weighted by Gasteiger charge is 1.99. The summed E-state index contributed by atoms with van der Waals surface area (Å²) in [5, 5.41) is 17.9. The molecule has 0 bridgehead atoms. The first-order chi connectivity index (χ1) is 7.77. The van der Waals surface area contributed by atoms with E-state index < -0.39 is 0 Å². The Morgan fingerprint density at radius 1 is 1.25 bits per heavy atom. The van der Waals surface area contributed by atoms with E-state index in [0.717, 1.165) is 25.2 Å². The summed E-state index contributed by atoms with van der Waals surface area (Å²) >= 11 is 0. The van der Waals surface area contributed by atoms with Crippen LogP contribution in [0.3, 0.4) is 0 Å². The third-order valence-electron chi connectivity index (χ3n) is 2.55. The molecule has 90 valence electrons. The number of benzene rings is 1. The summed E-state index contributed by atoms with van der Waals surface area (Å²) in [6.45, 7) is 3.94. The van der Waals surface area contributed by atoms with Gasteiger partial charge in [0.1, 0.15) is 5.75 Å². The van der Waals surface area contributed by atoms with Gasteiger partial charge in [-0.1, -0.05) is 13.0 Å². The number of hydrogen-bond acceptors (Lipinski definition) is 3. The molecule has 0 unspecified atom stereocenters. The van der Waals surface area contributed by atoms with E-state index in [4.69, 9.17) is 9.84 Å². The van der Waals surface area contributed by atoms with Gasteiger partial charge in [-0.25, -0.2) is 0 Å². The Morgan fingerprint density at radius 3 is 2.38 bits per heavy atom. The first-order valence-electron chi connectivity index (χ1n) is 5.77. The molecule has 2 rings (SSSR count). The Morgan fingerprint density at radius 2 is 1.94 bits per heavy atom. The molecule has 2 N–H and O–H groups in total. The maximum absolute atomic E-state index is 9.17. The highest BCUT2D eigenvalue weighted by Crippen LogP contribution is 2.18. The van der Waals surface area contributed by atoms with Gasteiger partial charge >= 0.3 is 0 Å². The maximum Gasteiger partial charge on any atom is 0.121 e. The van der Waals surface area contributed by atoms with Crippen molar-refractivity contribution in [1.82, 2.24) is 0 Å². The number of aromatic hydroxyl groups is 1. The molecule has 3 heteroatoms. The van der Waals surface area contributed by atoms with Crippen LogP contribution >= 0.6 is 0 Å². The summed E-state index contributed by atoms with van der Waals surface area (Å²) in [5.41, 5.74) is 1.73. The summed E-state index contributed by atoms with van der Waals surface area (Å²) in [4.78, 5) is 0. The van der Waals surface area contributed by atoms with Gasteiger partial charge in [-0.2, -0.15) is 0 Å². The average Bonchev–Trinajstić information content (AvgIpc) is 2.88. The second kappa shape index (κ2) is 7.25. The normalized spacial score (nSPS) is 14.4. The monoisotopic (exact) mass is 224 g/mol. The predicted octanol–water partition coefficient (Wildman–Crippen LogP) is 2.24. The van der Waals surface area contributed by atoms with Crippen molar-refractivity contribution in [1.29, 1.82) is 0 Å². The minimum absolute atomic E-state index is 0.0975. The number of aliphatic hydroxyl groups excluding tert-OH is 1. The molecule has 0 atom stereocenters. The molecule has 1 aromatic rings. The van der Waals surface area contributed by atoms with Gasteiger partial charge in [-0.05, 0) is 37.0 Å². The molecule has 0 spiro atoms. The van der Waals surface area contributed by atoms with Gasteiger partial charge in [0.2, 0.25) is 0 Å². The van der Waals surface area contributed by atoms with Crippen LogP contribution in [0.25, 0.3) is 0 Å². The molecule has 0 saturated carbocycles. The van der Waals surface area contributed by atoms with E-state index >= 15 is 0 Å². The van der Waals surface area contributed by atoms with Crippen molar-refractivity contribution in [2.75, 3.05) is 13.2 Å². The molecular weight excluding hydrogens is 204 g/mol. The molecular formula is C13H20O3. The topological polar surface area (TPSA) is 49.7 Å². The summed E-state index contributed by atoms with van der Waals surface area (Å²) in [6, 6.07) is 5.29. The maximum atomic E-state index is 9.17. The van der Waals surface area contributed by atoms with Gasteiger partial charge < -0.3 is 14.9 Å². The Hall–Kier alpha value is -1.06. The number of rotatable bonds is 2. The predicted molar refractivity (Wildman–Crippen MR) is 63.5 cm³/mol. The van der Waals surface area contributed by atoms with Crippen LogP contribution in [0.4, 0.5) is 0 Å². The van der Waals surface area contributed by atoms with Gasteiger partial charge in [0.15, 0.2) is 0 Å². The van der Waals surface area contributed by atoms with Gasteiger partial charge in [-0.3, -0.25) is 0 Å². The van der Waals surface area contributed by atoms with E-state index in [1.165, 1.54) is 12.8 Å². The third-order valence-corrected chi connectivity index (χ3v) is 2.55. The Balaban J connectivity index is 0.000000212. The average molecular weight is 224 g/mol. The minimum Gasteiger partial charge on any atom is -0.508 e. The molecule has 0 aromatic heterocycles. The van der Waals surface area contributed by atoms with E-state index in [2.05, 4.69) is 0 Å². The molecule has 0 amide bonds. The van der Waals surface area contributed by atoms with Crippen molar-refractivity contribution < 1.29 is 14.9 Å². The largest absolute Gasteiger partial charge is 0.508 e. The van der Waals surface area contributed by atoms with E-state index in [0.29, 0.717) is 5.56 Å². The summed E-state index contributed by atoms with van der Waals surface area (Å²) in [7, 11) is 0. The number of aliphatic hydroxyl groups is 1. The van der Waals surface area contributed by atoms with Crippen molar-refractivity contribution in [3.8, 4) is 5.75 Å². The van der Waals surface area contributed by atoms with Crippen molar-refractivity contribution in [3.63, 3.8) is 0 Å². The zero-order valence-corrected chi connectivity index (χ0v) is 9.78. The van der Waals surface area contributed by atoms with Crippen molar-refractivity contribution in [3.05, 3.63) is 29.3 Å². The van der Waals surface area contributed by atoms with Crippen LogP contribution in [0, 0.1) is 0 Å². The quantitative estimate of drug-likeness (QED) is 0.810. The Bertz CT molecular complexity index is 298. The smallest absolute Gasteiger partial charge is 0.121 e. The summed E-state index contributed by atoms with van der Waals surface area (Å²) in [5.74, 6) is 0.171. The molecule has 16 heavy (non-hydrogen) atoms. The van der Waals surface area contributed by atoms with Crippen molar-refractivity contribution >= 4 is 0 Å². The molecule has 1 aromatic carbocycles. The van der Waals surface area contributed by atoms with Crippen LogP contribution in [0.15, 0.2) is 18.2 Å². The fourth-order valence-corrected chi connectivity index (χ4v) is 1.50. The fraction of sp³-hybridized carbons (Fsp3) is 0.538. The SMILES string of the molecule is C1CCOC1.CCc1ccc(O)c(CO)c1. The molecule has 1 heterocycles. The van der Waals surface area contributed by atoms with Gasteiger partial charge in [0.05, 0.1) is 6.61 Å². The van der Waals surface area contributed by atoms with E-state index in [9.17, 15) is 5.11 Å². The first kappa shape index (κ1) is 13.0. The van der Waals surface area contributed by atoms with Gasteiger partial charge in [-0.15, -0.1) is 0 Å². The molecule has 0 radical (unpaired) electrons. The van der Waals surface area contributed by atoms with E-state index in [1.54, 1.807) is 6.07 Å². The lowest BCUT2D eigenvalue weighted by Gasteiger charge is -2.02. The molecule has 1 saturated heterocycles. The first-order valence-corrected chi connectivity index (χ1v) is 5.77. The molecule has 3 nitrogen and oxygen atoms in total. The third kappa shape index (κ3) is 4.21. The van der Waals surface area contributed by atoms with Gasteiger partial charge in [0.25, 0.3) is 0 Å². The van der Waals surface area contributed by atoms with Crippen LogP contribution in [-0.2, 0) is 17.8 Å². The van der Waals surface area contributed by atoms with Crippen LogP contribution in [0.5, 0.6) is 5.75 Å². The van der Waals surface area contributed by atoms with Crippen molar-refractivity contribution in [2.24, 2.45) is 0 Å². The standard InChI is InChI=1S/C9H12O2.C4H8O/c1-2-7-3-4-9(11)8(5-7)6-10;1-2-4-5-3-1/h3-5,10-11H,2,6H2,1H3;1-4H2. The van der Waals surface area contributed by atoms with Crippen LogP contribution in [0.1, 0.15) is 30.9 Å². The number of aryl methyl sites for hydroxylation is 1. The highest BCUT2D eigenvalue weighted by atomic mass is 16.5. The Kier molecular flexibility index (Phi) is 5.90. The fourth-order valence-electron chi connectivity index (χ4n) is 1.50. The minimum atomic E-state index is -0.0975. The van der Waals surface area contributed by atoms with Gasteiger partial charge in [0, 0.05) is 18.8 Å². The van der Waals surface area contributed by atoms with Crippen LogP contribution in [0.2, 0.25) is 0 Å². The zero-order valence-electron chi connectivity index (χ0n) is 9.78. The second-order valence-corrected chi connectivity index (χ2v) is 3.79. The molecule has 1 aliphatic rings. The van der Waals surface area contributed by atoms with Crippen molar-refractivity contribution in [2.45, 2.75) is 32.8 Å². The second-order valence-electron chi connectivity index (χ2n) is 3.79. The summed E-state index contributed by atoms with van der Waals surface area (Å²) < 4.78 is 4.94. The molecule has 1 aliphatic heterocycles. The van der Waals surface area contributed by atoms with E-state index in [1.807, 2.05) is 19.1 Å². The highest BCUT2D eigenvalue weighted by molar-refractivity contribution is 5.35. The summed E-state index contributed by atoms with van der Waals surface area (Å²) in [6.07, 6.45) is 3.48. The number of ether oxygens (including phenoxy) is 1. The van der Waals surface area contributed by atoms with E-state index in [-0.39, 0.29) is 12.4 Å². The zero-order chi connectivity index (χ0) is 11.8. The van der Waals surface area contributed by atoms with Crippen LogP contribution < -0.4 is 0 Å².